The molecule has 32 heavy (non-hydrogen) atoms. The van der Waals surface area contributed by atoms with Gasteiger partial charge < -0.3 is 15.4 Å². The summed E-state index contributed by atoms with van der Waals surface area (Å²) in [5.41, 5.74) is 3.68. The van der Waals surface area contributed by atoms with Crippen molar-refractivity contribution in [2.24, 2.45) is 0 Å². The average molecular weight is 471 g/mol. The minimum absolute atomic E-state index is 0.169. The number of amides is 2. The summed E-state index contributed by atoms with van der Waals surface area (Å²) in [6.07, 6.45) is 0. The van der Waals surface area contributed by atoms with Crippen molar-refractivity contribution in [2.75, 3.05) is 17.2 Å². The molecular formula is C24H23ClN2O4S. The highest BCUT2D eigenvalue weighted by molar-refractivity contribution is 7.19. The van der Waals surface area contributed by atoms with E-state index >= 15 is 0 Å². The van der Waals surface area contributed by atoms with Crippen molar-refractivity contribution in [3.8, 4) is 0 Å². The van der Waals surface area contributed by atoms with Crippen molar-refractivity contribution in [1.82, 2.24) is 0 Å². The van der Waals surface area contributed by atoms with Crippen molar-refractivity contribution in [2.45, 2.75) is 27.7 Å². The zero-order valence-corrected chi connectivity index (χ0v) is 19.7. The lowest BCUT2D eigenvalue weighted by Crippen LogP contribution is -2.15. The van der Waals surface area contributed by atoms with Crippen LogP contribution in [0.1, 0.15) is 54.0 Å². The second kappa shape index (κ2) is 9.97. The number of ether oxygens (including phenoxy) is 1. The number of aryl methyl sites for hydroxylation is 2. The summed E-state index contributed by atoms with van der Waals surface area (Å²) < 4.78 is 5.16. The van der Waals surface area contributed by atoms with Crippen molar-refractivity contribution in [1.29, 1.82) is 0 Å². The molecule has 8 heteroatoms. The highest BCUT2D eigenvalue weighted by Gasteiger charge is 2.27. The van der Waals surface area contributed by atoms with E-state index in [-0.39, 0.29) is 23.1 Å². The molecule has 0 aliphatic carbocycles. The number of thiophene rings is 1. The van der Waals surface area contributed by atoms with Gasteiger partial charge in [0, 0.05) is 16.3 Å². The lowest BCUT2D eigenvalue weighted by molar-refractivity contribution is 0.0527. The van der Waals surface area contributed by atoms with Crippen molar-refractivity contribution in [3.63, 3.8) is 0 Å². The third-order valence-corrected chi connectivity index (χ3v) is 6.25. The van der Waals surface area contributed by atoms with Crippen LogP contribution in [-0.4, -0.2) is 24.4 Å². The maximum absolute atomic E-state index is 13.0. The molecule has 0 atom stereocenters. The van der Waals surface area contributed by atoms with Crippen LogP contribution in [0.25, 0.3) is 0 Å². The predicted octanol–water partition coefficient (Wildman–Crippen LogP) is 6.01. The van der Waals surface area contributed by atoms with Gasteiger partial charge in [0.1, 0.15) is 5.00 Å². The predicted molar refractivity (Wildman–Crippen MR) is 128 cm³/mol. The third-order valence-electron chi connectivity index (χ3n) is 4.80. The van der Waals surface area contributed by atoms with Crippen LogP contribution in [0.3, 0.4) is 0 Å². The van der Waals surface area contributed by atoms with Gasteiger partial charge in [0.2, 0.25) is 0 Å². The molecule has 0 spiro atoms. The summed E-state index contributed by atoms with van der Waals surface area (Å²) in [7, 11) is 0. The van der Waals surface area contributed by atoms with Gasteiger partial charge >= 0.3 is 5.97 Å². The number of nitrogens with one attached hydrogen (secondary N) is 2. The van der Waals surface area contributed by atoms with E-state index in [1.807, 2.05) is 32.0 Å². The Labute approximate surface area is 195 Å². The lowest BCUT2D eigenvalue weighted by atomic mass is 10.1. The Kier molecular flexibility index (Phi) is 7.33. The van der Waals surface area contributed by atoms with Crippen molar-refractivity contribution < 1.29 is 19.1 Å². The monoisotopic (exact) mass is 470 g/mol. The van der Waals surface area contributed by atoms with E-state index in [1.165, 1.54) is 0 Å². The number of esters is 1. The second-order valence-corrected chi connectivity index (χ2v) is 8.67. The molecule has 3 rings (SSSR count). The summed E-state index contributed by atoms with van der Waals surface area (Å²) in [5, 5.41) is 6.39. The number of hydrogen-bond donors (Lipinski definition) is 2. The summed E-state index contributed by atoms with van der Waals surface area (Å²) in [6.45, 7) is 7.41. The van der Waals surface area contributed by atoms with E-state index < -0.39 is 11.9 Å². The van der Waals surface area contributed by atoms with Crippen LogP contribution in [0, 0.1) is 20.8 Å². The number of rotatable bonds is 6. The molecule has 0 saturated carbocycles. The Hall–Kier alpha value is -3.16. The summed E-state index contributed by atoms with van der Waals surface area (Å²) in [5.74, 6) is -1.38. The first-order valence-electron chi connectivity index (χ1n) is 9.97. The molecule has 2 amide bonds. The summed E-state index contributed by atoms with van der Waals surface area (Å²) >= 11 is 6.92. The number of carbonyl (C=O) groups excluding carboxylic acids is 3. The number of carbonyl (C=O) groups is 3. The molecule has 0 aliphatic rings. The van der Waals surface area contributed by atoms with Crippen LogP contribution < -0.4 is 10.6 Å². The fourth-order valence-electron chi connectivity index (χ4n) is 3.18. The molecule has 1 aromatic heterocycles. The SMILES string of the molecule is CCOC(=O)c1c(NC(=O)c2ccc(Cl)cc2)sc(C(=O)Nc2ccc(C)cc2C)c1C. The van der Waals surface area contributed by atoms with Crippen LogP contribution in [0.2, 0.25) is 5.02 Å². The lowest BCUT2D eigenvalue weighted by Gasteiger charge is -2.09. The molecule has 2 aromatic carbocycles. The second-order valence-electron chi connectivity index (χ2n) is 7.21. The zero-order chi connectivity index (χ0) is 23.4. The normalized spacial score (nSPS) is 10.5. The Balaban J connectivity index is 1.95. The van der Waals surface area contributed by atoms with Gasteiger partial charge in [0.15, 0.2) is 0 Å². The van der Waals surface area contributed by atoms with Gasteiger partial charge in [-0.2, -0.15) is 0 Å². The maximum Gasteiger partial charge on any atom is 0.341 e. The molecule has 0 saturated heterocycles. The van der Waals surface area contributed by atoms with Gasteiger partial charge in [0.05, 0.1) is 17.0 Å². The van der Waals surface area contributed by atoms with Gasteiger partial charge in [-0.25, -0.2) is 4.79 Å². The van der Waals surface area contributed by atoms with Crippen LogP contribution >= 0.6 is 22.9 Å². The van der Waals surface area contributed by atoms with Crippen LogP contribution in [-0.2, 0) is 4.74 Å². The van der Waals surface area contributed by atoms with E-state index in [0.717, 1.165) is 22.5 Å². The standard InChI is InChI=1S/C24H23ClN2O4S/c1-5-31-24(30)19-15(4)20(22(29)26-18-11-6-13(2)12-14(18)3)32-23(19)27-21(28)16-7-9-17(25)10-8-16/h6-12H,5H2,1-4H3,(H,26,29)(H,27,28). The van der Waals surface area contributed by atoms with Crippen molar-refractivity contribution in [3.05, 3.63) is 80.2 Å². The molecule has 2 N–H and O–H groups in total. The number of halogens is 1. The number of hydrogen-bond acceptors (Lipinski definition) is 5. The third kappa shape index (κ3) is 5.18. The Morgan fingerprint density at radius 2 is 1.66 bits per heavy atom. The molecule has 0 unspecified atom stereocenters. The van der Waals surface area contributed by atoms with Gasteiger partial charge in [-0.05, 0) is 69.2 Å². The molecule has 0 aliphatic heterocycles. The topological polar surface area (TPSA) is 84.5 Å². The molecule has 3 aromatic rings. The highest BCUT2D eigenvalue weighted by Crippen LogP contribution is 2.35. The van der Waals surface area contributed by atoms with E-state index in [1.54, 1.807) is 38.1 Å². The van der Waals surface area contributed by atoms with E-state index in [2.05, 4.69) is 10.6 Å². The molecule has 6 nitrogen and oxygen atoms in total. The van der Waals surface area contributed by atoms with Crippen LogP contribution in [0.5, 0.6) is 0 Å². The Bertz CT molecular complexity index is 1190. The minimum atomic E-state index is -0.599. The summed E-state index contributed by atoms with van der Waals surface area (Å²) in [4.78, 5) is 38.7. The first-order valence-corrected chi connectivity index (χ1v) is 11.2. The van der Waals surface area contributed by atoms with Crippen LogP contribution in [0.15, 0.2) is 42.5 Å². The molecule has 0 bridgehead atoms. The van der Waals surface area contributed by atoms with E-state index in [4.69, 9.17) is 16.3 Å². The van der Waals surface area contributed by atoms with Gasteiger partial charge in [-0.1, -0.05) is 29.3 Å². The largest absolute Gasteiger partial charge is 0.462 e. The zero-order valence-electron chi connectivity index (χ0n) is 18.2. The average Bonchev–Trinajstić information content (AvgIpc) is 3.06. The molecule has 166 valence electrons. The first kappa shape index (κ1) is 23.5. The molecule has 1 heterocycles. The molecule has 0 fully saturated rings. The molecular weight excluding hydrogens is 448 g/mol. The fraction of sp³-hybridized carbons (Fsp3) is 0.208. The van der Waals surface area contributed by atoms with Crippen molar-refractivity contribution >= 4 is 51.4 Å². The first-order chi connectivity index (χ1) is 15.2. The van der Waals surface area contributed by atoms with Gasteiger partial charge in [-0.3, -0.25) is 9.59 Å². The highest BCUT2D eigenvalue weighted by atomic mass is 35.5. The van der Waals surface area contributed by atoms with Gasteiger partial charge in [-0.15, -0.1) is 11.3 Å². The summed E-state index contributed by atoms with van der Waals surface area (Å²) in [6, 6.07) is 12.1. The number of benzene rings is 2. The fourth-order valence-corrected chi connectivity index (χ4v) is 4.39. The smallest absolute Gasteiger partial charge is 0.341 e. The maximum atomic E-state index is 13.0. The number of anilines is 2. The minimum Gasteiger partial charge on any atom is -0.462 e. The van der Waals surface area contributed by atoms with E-state index in [0.29, 0.717) is 26.7 Å². The van der Waals surface area contributed by atoms with Crippen LogP contribution in [0.4, 0.5) is 10.7 Å². The quantitative estimate of drug-likeness (QED) is 0.432. The van der Waals surface area contributed by atoms with E-state index in [9.17, 15) is 14.4 Å². The van der Waals surface area contributed by atoms with Gasteiger partial charge in [0.25, 0.3) is 11.8 Å². The molecule has 0 radical (unpaired) electrons. The Morgan fingerprint density at radius 3 is 2.28 bits per heavy atom. The Morgan fingerprint density at radius 1 is 0.969 bits per heavy atom.